The molecule has 2 amide bonds. The van der Waals surface area contributed by atoms with Crippen molar-refractivity contribution in [2.45, 2.75) is 32.1 Å². The second-order valence-electron chi connectivity index (χ2n) is 8.21. The van der Waals surface area contributed by atoms with E-state index in [0.717, 1.165) is 44.3 Å². The lowest BCUT2D eigenvalue weighted by Crippen LogP contribution is -2.43. The van der Waals surface area contributed by atoms with Crippen LogP contribution >= 0.6 is 0 Å². The van der Waals surface area contributed by atoms with Gasteiger partial charge in [-0.05, 0) is 67.8 Å². The van der Waals surface area contributed by atoms with Crippen LogP contribution < -0.4 is 10.6 Å². The molecule has 1 saturated heterocycles. The molecule has 7 nitrogen and oxygen atoms in total. The summed E-state index contributed by atoms with van der Waals surface area (Å²) in [5.74, 6) is 0.897. The Balaban J connectivity index is 1.24. The summed E-state index contributed by atoms with van der Waals surface area (Å²) < 4.78 is 1.66. The van der Waals surface area contributed by atoms with E-state index >= 15 is 0 Å². The zero-order valence-electron chi connectivity index (χ0n) is 17.0. The number of likely N-dealkylation sites (tertiary alicyclic amines) is 1. The quantitative estimate of drug-likeness (QED) is 0.784. The number of hydrogen-bond acceptors (Lipinski definition) is 4. The van der Waals surface area contributed by atoms with Gasteiger partial charge in [0.15, 0.2) is 5.82 Å². The highest BCUT2D eigenvalue weighted by Gasteiger charge is 2.23. The summed E-state index contributed by atoms with van der Waals surface area (Å²) in [7, 11) is 1.82. The van der Waals surface area contributed by atoms with Gasteiger partial charge in [-0.15, -0.1) is 0 Å². The summed E-state index contributed by atoms with van der Waals surface area (Å²) in [6, 6.07) is 7.87. The fourth-order valence-electron chi connectivity index (χ4n) is 4.38. The van der Waals surface area contributed by atoms with Crippen LogP contribution in [0.25, 0.3) is 0 Å². The predicted octanol–water partition coefficient (Wildman–Crippen LogP) is 1.99. The monoisotopic (exact) mass is 395 g/mol. The number of nitrogens with zero attached hydrogens (tertiary/aromatic N) is 3. The van der Waals surface area contributed by atoms with Crippen molar-refractivity contribution in [3.63, 3.8) is 0 Å². The van der Waals surface area contributed by atoms with Gasteiger partial charge in [-0.2, -0.15) is 5.10 Å². The van der Waals surface area contributed by atoms with Crippen molar-refractivity contribution < 1.29 is 9.59 Å². The van der Waals surface area contributed by atoms with Crippen LogP contribution in [0, 0.1) is 5.92 Å². The molecule has 154 valence electrons. The molecule has 2 heterocycles. The Bertz CT molecular complexity index is 891. The van der Waals surface area contributed by atoms with E-state index in [1.807, 2.05) is 19.2 Å². The van der Waals surface area contributed by atoms with E-state index in [-0.39, 0.29) is 11.8 Å². The highest BCUT2D eigenvalue weighted by molar-refractivity contribution is 5.94. The van der Waals surface area contributed by atoms with Crippen LogP contribution in [0.15, 0.2) is 30.5 Å². The van der Waals surface area contributed by atoms with E-state index < -0.39 is 0 Å². The lowest BCUT2D eigenvalue weighted by atomic mass is 9.97. The standard InChI is InChI=1S/C22H29N5O2/c1-26-11-9-20(25-26)24-21(28)15-27-10-3-4-16(14-27)13-23-22(29)19-8-7-17-5-2-6-18(17)12-19/h7-9,11-12,16H,2-6,10,13-15H2,1H3,(H,23,29)(H,24,25,28). The Morgan fingerprint density at radius 3 is 2.86 bits per heavy atom. The molecule has 0 saturated carbocycles. The van der Waals surface area contributed by atoms with Crippen LogP contribution in [0.1, 0.15) is 40.7 Å². The highest BCUT2D eigenvalue weighted by atomic mass is 16.2. The Morgan fingerprint density at radius 2 is 2.03 bits per heavy atom. The van der Waals surface area contributed by atoms with Crippen molar-refractivity contribution >= 4 is 17.6 Å². The van der Waals surface area contributed by atoms with Gasteiger partial charge in [0.25, 0.3) is 5.91 Å². The van der Waals surface area contributed by atoms with E-state index in [1.165, 1.54) is 17.5 Å². The molecule has 2 aliphatic rings. The number of nitrogens with one attached hydrogen (secondary N) is 2. The molecule has 1 aliphatic carbocycles. The fraction of sp³-hybridized carbons (Fsp3) is 0.500. The molecule has 1 atom stereocenters. The van der Waals surface area contributed by atoms with Crippen molar-refractivity contribution in [3.8, 4) is 0 Å². The first-order valence-corrected chi connectivity index (χ1v) is 10.5. The van der Waals surface area contributed by atoms with Gasteiger partial charge in [0, 0.05) is 38.0 Å². The third-order valence-electron chi connectivity index (χ3n) is 5.86. The van der Waals surface area contributed by atoms with E-state index in [2.05, 4.69) is 26.7 Å². The number of aromatic nitrogens is 2. The molecule has 2 N–H and O–H groups in total. The minimum atomic E-state index is -0.0495. The first kappa shape index (κ1) is 19.6. The zero-order valence-corrected chi connectivity index (χ0v) is 17.0. The molecule has 1 fully saturated rings. The molecule has 0 bridgehead atoms. The third kappa shape index (κ3) is 5.03. The summed E-state index contributed by atoms with van der Waals surface area (Å²) in [6.45, 7) is 2.73. The van der Waals surface area contributed by atoms with Crippen LogP contribution in [0.3, 0.4) is 0 Å². The average Bonchev–Trinajstić information content (AvgIpc) is 3.34. The zero-order chi connectivity index (χ0) is 20.2. The molecule has 2 aromatic rings. The topological polar surface area (TPSA) is 79.3 Å². The largest absolute Gasteiger partial charge is 0.352 e. The average molecular weight is 396 g/mol. The van der Waals surface area contributed by atoms with Gasteiger partial charge in [0.1, 0.15) is 0 Å². The predicted molar refractivity (Wildman–Crippen MR) is 112 cm³/mol. The fourth-order valence-corrected chi connectivity index (χ4v) is 4.38. The van der Waals surface area contributed by atoms with Crippen molar-refractivity contribution in [1.82, 2.24) is 20.0 Å². The van der Waals surface area contributed by atoms with Crippen LogP contribution in [0.5, 0.6) is 0 Å². The molecule has 7 heteroatoms. The van der Waals surface area contributed by atoms with Crippen LogP contribution in [0.4, 0.5) is 5.82 Å². The second kappa shape index (κ2) is 8.78. The summed E-state index contributed by atoms with van der Waals surface area (Å²) >= 11 is 0. The van der Waals surface area contributed by atoms with E-state index in [0.29, 0.717) is 24.8 Å². The lowest BCUT2D eigenvalue weighted by molar-refractivity contribution is -0.117. The van der Waals surface area contributed by atoms with Crippen molar-refractivity contribution in [3.05, 3.63) is 47.2 Å². The van der Waals surface area contributed by atoms with Gasteiger partial charge in [0.05, 0.1) is 6.54 Å². The Labute approximate surface area is 171 Å². The number of carbonyl (C=O) groups is 2. The summed E-state index contributed by atoms with van der Waals surface area (Å²) in [6.07, 6.45) is 7.30. The molecular weight excluding hydrogens is 366 g/mol. The van der Waals surface area contributed by atoms with Gasteiger partial charge >= 0.3 is 0 Å². The van der Waals surface area contributed by atoms with Crippen LogP contribution in [0.2, 0.25) is 0 Å². The molecule has 1 aliphatic heterocycles. The highest BCUT2D eigenvalue weighted by Crippen LogP contribution is 2.23. The Hall–Kier alpha value is -2.67. The molecule has 1 aromatic carbocycles. The number of fused-ring (bicyclic) bond motifs is 1. The number of rotatable bonds is 6. The Kier molecular flexibility index (Phi) is 5.94. The number of aryl methyl sites for hydroxylation is 3. The second-order valence-corrected chi connectivity index (χ2v) is 8.21. The first-order chi connectivity index (χ1) is 14.1. The minimum absolute atomic E-state index is 0.00437. The molecule has 4 rings (SSSR count). The van der Waals surface area contributed by atoms with Gasteiger partial charge in [-0.3, -0.25) is 19.2 Å². The maximum atomic E-state index is 12.6. The first-order valence-electron chi connectivity index (χ1n) is 10.5. The van der Waals surface area contributed by atoms with Gasteiger partial charge in [-0.25, -0.2) is 0 Å². The van der Waals surface area contributed by atoms with E-state index in [9.17, 15) is 9.59 Å². The summed E-state index contributed by atoms with van der Waals surface area (Å²) in [5.41, 5.74) is 3.46. The maximum absolute atomic E-state index is 12.6. The lowest BCUT2D eigenvalue weighted by Gasteiger charge is -2.32. The number of anilines is 1. The molecule has 1 aromatic heterocycles. The van der Waals surface area contributed by atoms with Crippen LogP contribution in [-0.4, -0.2) is 52.7 Å². The Morgan fingerprint density at radius 1 is 1.17 bits per heavy atom. The number of carbonyl (C=O) groups excluding carboxylic acids is 2. The van der Waals surface area contributed by atoms with Crippen molar-refractivity contribution in [2.24, 2.45) is 13.0 Å². The number of amides is 2. The molecule has 0 radical (unpaired) electrons. The third-order valence-corrected chi connectivity index (χ3v) is 5.86. The molecule has 0 spiro atoms. The molecule has 1 unspecified atom stereocenters. The van der Waals surface area contributed by atoms with Gasteiger partial charge in [-0.1, -0.05) is 6.07 Å². The summed E-state index contributed by atoms with van der Waals surface area (Å²) in [4.78, 5) is 27.0. The number of hydrogen-bond donors (Lipinski definition) is 2. The van der Waals surface area contributed by atoms with Crippen molar-refractivity contribution in [2.75, 3.05) is 31.5 Å². The van der Waals surface area contributed by atoms with Gasteiger partial charge < -0.3 is 10.6 Å². The summed E-state index contributed by atoms with van der Waals surface area (Å²) in [5, 5.41) is 10.1. The molecular formula is C22H29N5O2. The van der Waals surface area contributed by atoms with Crippen molar-refractivity contribution in [1.29, 1.82) is 0 Å². The minimum Gasteiger partial charge on any atom is -0.352 e. The normalized spacial score (nSPS) is 19.0. The van der Waals surface area contributed by atoms with E-state index in [1.54, 1.807) is 16.9 Å². The van der Waals surface area contributed by atoms with Gasteiger partial charge in [0.2, 0.25) is 5.91 Å². The van der Waals surface area contributed by atoms with E-state index in [4.69, 9.17) is 0 Å². The molecule has 29 heavy (non-hydrogen) atoms. The number of benzene rings is 1. The van der Waals surface area contributed by atoms with Crippen LogP contribution in [-0.2, 0) is 24.7 Å². The smallest absolute Gasteiger partial charge is 0.251 e. The SMILES string of the molecule is Cn1ccc(NC(=O)CN2CCCC(CNC(=O)c3ccc4c(c3)CCC4)C2)n1. The maximum Gasteiger partial charge on any atom is 0.251 e. The number of piperidine rings is 1.